The fourth-order valence-corrected chi connectivity index (χ4v) is 3.79. The Balaban J connectivity index is 2.70. The SMILES string of the molecule is Cc1cc(S(=O)(=O)c2ccc(S)c([N+](=O)[O-])c2)cc([N+](=O)[O-])c1S. The van der Waals surface area contributed by atoms with E-state index in [0.717, 1.165) is 18.2 Å². The lowest BCUT2D eigenvalue weighted by molar-refractivity contribution is -0.388. The van der Waals surface area contributed by atoms with E-state index in [-0.39, 0.29) is 19.6 Å². The van der Waals surface area contributed by atoms with Gasteiger partial charge in [-0.05, 0) is 30.7 Å². The van der Waals surface area contributed by atoms with Crippen molar-refractivity contribution in [2.75, 3.05) is 0 Å². The quantitative estimate of drug-likeness (QED) is 0.473. The van der Waals surface area contributed by atoms with Crippen LogP contribution in [-0.2, 0) is 9.84 Å². The first-order valence-electron chi connectivity index (χ1n) is 6.26. The van der Waals surface area contributed by atoms with Crippen LogP contribution in [0.5, 0.6) is 0 Å². The molecule has 0 aliphatic rings. The molecule has 2 aromatic rings. The number of nitrogens with zero attached hydrogens (tertiary/aromatic N) is 2. The zero-order valence-electron chi connectivity index (χ0n) is 12.0. The van der Waals surface area contributed by atoms with Crippen LogP contribution in [-0.4, -0.2) is 18.3 Å². The minimum atomic E-state index is -4.18. The first-order chi connectivity index (χ1) is 11.1. The van der Waals surface area contributed by atoms with Crippen molar-refractivity contribution in [3.8, 4) is 0 Å². The standard InChI is InChI=1S/C13H10N2O6S3/c1-7-4-9(6-11(13(7)23)15(18)19)24(20,21)8-2-3-12(22)10(5-8)14(16)17/h2-6,22-23H,1H3. The van der Waals surface area contributed by atoms with Gasteiger partial charge >= 0.3 is 0 Å². The van der Waals surface area contributed by atoms with Gasteiger partial charge in [-0.15, -0.1) is 25.3 Å². The average Bonchev–Trinajstić information content (AvgIpc) is 2.49. The molecule has 0 unspecified atom stereocenters. The summed E-state index contributed by atoms with van der Waals surface area (Å²) in [7, 11) is -4.18. The molecule has 8 nitrogen and oxygen atoms in total. The first-order valence-corrected chi connectivity index (χ1v) is 8.64. The highest BCUT2D eigenvalue weighted by molar-refractivity contribution is 7.91. The Kier molecular flexibility index (Phi) is 4.87. The summed E-state index contributed by atoms with van der Waals surface area (Å²) in [5.74, 6) is 0. The van der Waals surface area contributed by atoms with Crippen molar-refractivity contribution >= 4 is 46.5 Å². The summed E-state index contributed by atoms with van der Waals surface area (Å²) in [5.41, 5.74) is -0.639. The third kappa shape index (κ3) is 3.23. The fraction of sp³-hybridized carbons (Fsp3) is 0.0769. The van der Waals surface area contributed by atoms with E-state index >= 15 is 0 Å². The minimum Gasteiger partial charge on any atom is -0.258 e. The summed E-state index contributed by atoms with van der Waals surface area (Å²) in [5, 5.41) is 22.0. The van der Waals surface area contributed by atoms with Crippen molar-refractivity contribution in [1.29, 1.82) is 0 Å². The van der Waals surface area contributed by atoms with Crippen molar-refractivity contribution in [2.45, 2.75) is 26.5 Å². The summed E-state index contributed by atoms with van der Waals surface area (Å²) in [6, 6.07) is 5.31. The van der Waals surface area contributed by atoms with Crippen LogP contribution in [0.2, 0.25) is 0 Å². The van der Waals surface area contributed by atoms with Gasteiger partial charge in [0.05, 0.1) is 29.4 Å². The Morgan fingerprint density at radius 3 is 2.00 bits per heavy atom. The molecule has 0 saturated carbocycles. The number of hydrogen-bond donors (Lipinski definition) is 2. The third-order valence-electron chi connectivity index (χ3n) is 3.21. The van der Waals surface area contributed by atoms with Gasteiger partial charge in [0.15, 0.2) is 0 Å². The van der Waals surface area contributed by atoms with E-state index in [1.54, 1.807) is 0 Å². The lowest BCUT2D eigenvalue weighted by atomic mass is 10.2. The molecule has 0 aliphatic heterocycles. The lowest BCUT2D eigenvalue weighted by Gasteiger charge is -2.08. The number of nitro benzene ring substituents is 2. The predicted molar refractivity (Wildman–Crippen MR) is 90.9 cm³/mol. The van der Waals surface area contributed by atoms with Crippen molar-refractivity contribution in [1.82, 2.24) is 0 Å². The molecular weight excluding hydrogens is 376 g/mol. The van der Waals surface area contributed by atoms with Crippen molar-refractivity contribution in [3.05, 3.63) is 56.1 Å². The molecule has 0 bridgehead atoms. The summed E-state index contributed by atoms with van der Waals surface area (Å²) >= 11 is 7.91. The smallest absolute Gasteiger partial charge is 0.258 e. The molecule has 0 atom stereocenters. The number of rotatable bonds is 4. The van der Waals surface area contributed by atoms with Gasteiger partial charge in [0.2, 0.25) is 9.84 Å². The number of benzene rings is 2. The first kappa shape index (κ1) is 18.2. The molecule has 2 rings (SSSR count). The van der Waals surface area contributed by atoms with E-state index in [1.165, 1.54) is 19.1 Å². The summed E-state index contributed by atoms with van der Waals surface area (Å²) in [6.07, 6.45) is 0. The number of thiol groups is 2. The van der Waals surface area contributed by atoms with Crippen LogP contribution in [0, 0.1) is 27.2 Å². The van der Waals surface area contributed by atoms with Crippen LogP contribution in [0.25, 0.3) is 0 Å². The summed E-state index contributed by atoms with van der Waals surface area (Å²) < 4.78 is 25.3. The molecule has 0 heterocycles. The van der Waals surface area contributed by atoms with Gasteiger partial charge < -0.3 is 0 Å². The van der Waals surface area contributed by atoms with Gasteiger partial charge in [0.25, 0.3) is 11.4 Å². The Morgan fingerprint density at radius 1 is 0.917 bits per heavy atom. The summed E-state index contributed by atoms with van der Waals surface area (Å²) in [6.45, 7) is 1.48. The Morgan fingerprint density at radius 2 is 1.46 bits per heavy atom. The maximum absolute atomic E-state index is 12.7. The molecule has 0 spiro atoms. The Hall–Kier alpha value is -2.11. The maximum atomic E-state index is 12.7. The molecule has 0 aromatic heterocycles. The second-order valence-corrected chi connectivity index (χ2v) is 7.65. The molecule has 0 radical (unpaired) electrons. The van der Waals surface area contributed by atoms with Crippen molar-refractivity contribution in [3.63, 3.8) is 0 Å². The normalized spacial score (nSPS) is 11.3. The van der Waals surface area contributed by atoms with Crippen LogP contribution >= 0.6 is 25.3 Å². The van der Waals surface area contributed by atoms with Gasteiger partial charge in [-0.3, -0.25) is 20.2 Å². The topological polar surface area (TPSA) is 120 Å². The van der Waals surface area contributed by atoms with Gasteiger partial charge in [-0.1, -0.05) is 0 Å². The lowest BCUT2D eigenvalue weighted by Crippen LogP contribution is -2.05. The highest BCUT2D eigenvalue weighted by Gasteiger charge is 2.26. The van der Waals surface area contributed by atoms with E-state index in [1.807, 2.05) is 0 Å². The average molecular weight is 386 g/mol. The number of nitro groups is 2. The van der Waals surface area contributed by atoms with Crippen LogP contribution < -0.4 is 0 Å². The fourth-order valence-electron chi connectivity index (χ4n) is 1.98. The third-order valence-corrected chi connectivity index (χ3v) is 5.91. The number of hydrogen-bond acceptors (Lipinski definition) is 8. The van der Waals surface area contributed by atoms with Gasteiger partial charge in [-0.25, -0.2) is 8.42 Å². The maximum Gasteiger partial charge on any atom is 0.284 e. The van der Waals surface area contributed by atoms with Gasteiger partial charge in [-0.2, -0.15) is 0 Å². The van der Waals surface area contributed by atoms with E-state index in [4.69, 9.17) is 0 Å². The van der Waals surface area contributed by atoms with Crippen molar-refractivity contribution < 1.29 is 18.3 Å². The zero-order chi connectivity index (χ0) is 18.2. The van der Waals surface area contributed by atoms with Crippen LogP contribution in [0.4, 0.5) is 11.4 Å². The highest BCUT2D eigenvalue weighted by Crippen LogP contribution is 2.34. The second kappa shape index (κ2) is 6.42. The minimum absolute atomic E-state index is 0.00631. The van der Waals surface area contributed by atoms with E-state index in [2.05, 4.69) is 25.3 Å². The molecule has 11 heteroatoms. The largest absolute Gasteiger partial charge is 0.284 e. The molecular formula is C13H10N2O6S3. The van der Waals surface area contributed by atoms with Gasteiger partial charge in [0, 0.05) is 12.1 Å². The van der Waals surface area contributed by atoms with Crippen LogP contribution in [0.15, 0.2) is 49.9 Å². The zero-order valence-corrected chi connectivity index (χ0v) is 14.6. The van der Waals surface area contributed by atoms with E-state index < -0.39 is 31.1 Å². The molecule has 0 saturated heterocycles. The predicted octanol–water partition coefficient (Wildman–Crippen LogP) is 3.22. The Labute approximate surface area is 147 Å². The molecule has 0 N–H and O–H groups in total. The summed E-state index contributed by atoms with van der Waals surface area (Å²) in [4.78, 5) is 19.8. The van der Waals surface area contributed by atoms with Crippen LogP contribution in [0.1, 0.15) is 5.56 Å². The molecule has 0 aliphatic carbocycles. The second-order valence-electron chi connectivity index (χ2n) is 4.78. The van der Waals surface area contributed by atoms with E-state index in [0.29, 0.717) is 5.56 Å². The monoisotopic (exact) mass is 386 g/mol. The molecule has 126 valence electrons. The number of sulfone groups is 1. The Bertz CT molecular complexity index is 972. The number of aryl methyl sites for hydroxylation is 1. The van der Waals surface area contributed by atoms with Crippen LogP contribution in [0.3, 0.4) is 0 Å². The highest BCUT2D eigenvalue weighted by atomic mass is 32.2. The van der Waals surface area contributed by atoms with Gasteiger partial charge in [0.1, 0.15) is 0 Å². The van der Waals surface area contributed by atoms with E-state index in [9.17, 15) is 28.6 Å². The molecule has 0 fully saturated rings. The van der Waals surface area contributed by atoms with Crippen molar-refractivity contribution in [2.24, 2.45) is 0 Å². The molecule has 0 amide bonds. The molecule has 2 aromatic carbocycles. The molecule has 24 heavy (non-hydrogen) atoms.